The minimum absolute atomic E-state index is 0.486. The molecule has 0 saturated carbocycles. The van der Waals surface area contributed by atoms with Gasteiger partial charge in [0.25, 0.3) is 0 Å². The Kier molecular flexibility index (Phi) is 1.17. The summed E-state index contributed by atoms with van der Waals surface area (Å²) < 4.78 is 0. The summed E-state index contributed by atoms with van der Waals surface area (Å²) in [7, 11) is 0. The van der Waals surface area contributed by atoms with Crippen LogP contribution in [0.5, 0.6) is 0 Å². The third-order valence-corrected chi connectivity index (χ3v) is 1.23. The molecule has 1 aromatic heterocycles. The number of thiophene rings is 1. The highest BCUT2D eigenvalue weighted by molar-refractivity contribution is 7.13. The predicted octanol–water partition coefficient (Wildman–Crippen LogP) is 1.95. The molecule has 0 saturated heterocycles. The Balaban J connectivity index is 2.96. The molecule has 0 aliphatic carbocycles. The van der Waals surface area contributed by atoms with Crippen LogP contribution in [0.25, 0.3) is 0 Å². The van der Waals surface area contributed by atoms with E-state index < -0.39 is 0 Å². The fourth-order valence-corrected chi connectivity index (χ4v) is 0.718. The van der Waals surface area contributed by atoms with E-state index in [1.54, 1.807) is 11.4 Å². The first-order valence-corrected chi connectivity index (χ1v) is 2.59. The smallest absolute Gasteiger partial charge is 0.144 e. The van der Waals surface area contributed by atoms with Gasteiger partial charge in [-0.1, -0.05) is 0 Å². The van der Waals surface area contributed by atoms with Crippen molar-refractivity contribution in [3.8, 4) is 0 Å². The predicted molar refractivity (Wildman–Crippen MR) is 28.6 cm³/mol. The van der Waals surface area contributed by atoms with E-state index in [0.717, 1.165) is 0 Å². The molecule has 0 bridgehead atoms. The van der Waals surface area contributed by atoms with E-state index in [1.165, 1.54) is 11.3 Å². The van der Waals surface area contributed by atoms with Gasteiger partial charge in [0.15, 0.2) is 5.00 Å². The van der Waals surface area contributed by atoms with E-state index in [1.807, 2.05) is 0 Å². The molecule has 0 atom stereocenters. The van der Waals surface area contributed by atoms with Crippen molar-refractivity contribution >= 4 is 16.3 Å². The number of rotatable bonds is 1. The number of hydrogen-bond acceptors (Lipinski definition) is 3. The van der Waals surface area contributed by atoms with Gasteiger partial charge in [0.05, 0.1) is 0 Å². The van der Waals surface area contributed by atoms with E-state index in [4.69, 9.17) is 0 Å². The van der Waals surface area contributed by atoms with Crippen LogP contribution < -0.4 is 0 Å². The van der Waals surface area contributed by atoms with Crippen LogP contribution >= 0.6 is 11.3 Å². The van der Waals surface area contributed by atoms with Gasteiger partial charge in [-0.3, -0.25) is 0 Å². The monoisotopic (exact) mass is 112 g/mol. The standard InChI is InChI=1S/C4H2NOS/c6-5-4-2-1-3-7-4/h2-3H. The molecule has 7 heavy (non-hydrogen) atoms. The van der Waals surface area contributed by atoms with Crippen LogP contribution in [-0.2, 0) is 0 Å². The van der Waals surface area contributed by atoms with Gasteiger partial charge < -0.3 is 0 Å². The van der Waals surface area contributed by atoms with Crippen molar-refractivity contribution in [1.82, 2.24) is 0 Å². The Labute approximate surface area is 44.8 Å². The van der Waals surface area contributed by atoms with Crippen molar-refractivity contribution in [2.24, 2.45) is 5.18 Å². The molecule has 0 fully saturated rings. The molecule has 0 N–H and O–H groups in total. The molecule has 2 nitrogen and oxygen atoms in total. The molecule has 0 spiro atoms. The molecular formula is C4H2NOS. The number of nitrogens with zero attached hydrogens (tertiary/aromatic N) is 1. The molecule has 1 rings (SSSR count). The highest BCUT2D eigenvalue weighted by Crippen LogP contribution is 2.16. The molecule has 35 valence electrons. The maximum Gasteiger partial charge on any atom is 0.161 e. The van der Waals surface area contributed by atoms with Gasteiger partial charge in [0.2, 0.25) is 0 Å². The minimum atomic E-state index is 0.486. The molecule has 0 aromatic carbocycles. The summed E-state index contributed by atoms with van der Waals surface area (Å²) in [6.45, 7) is 0. The third kappa shape index (κ3) is 0.838. The SMILES string of the molecule is O=Nc1c[c]cs1. The lowest BCUT2D eigenvalue weighted by Crippen LogP contribution is -1.36. The molecule has 1 aromatic rings. The highest BCUT2D eigenvalue weighted by atomic mass is 32.1. The van der Waals surface area contributed by atoms with Gasteiger partial charge in [0.1, 0.15) is 0 Å². The van der Waals surface area contributed by atoms with E-state index in [0.29, 0.717) is 5.00 Å². The number of nitroso groups, excluding NO2 is 1. The maximum absolute atomic E-state index is 9.61. The molecular weight excluding hydrogens is 110 g/mol. The van der Waals surface area contributed by atoms with Gasteiger partial charge >= 0.3 is 0 Å². The largest absolute Gasteiger partial charge is 0.161 e. The minimum Gasteiger partial charge on any atom is -0.144 e. The Morgan fingerprint density at radius 1 is 1.86 bits per heavy atom. The Morgan fingerprint density at radius 2 is 2.71 bits per heavy atom. The van der Waals surface area contributed by atoms with Gasteiger partial charge in [-0.15, -0.1) is 16.2 Å². The normalized spacial score (nSPS) is 8.57. The van der Waals surface area contributed by atoms with Crippen LogP contribution in [0.2, 0.25) is 0 Å². The lowest BCUT2D eigenvalue weighted by Gasteiger charge is -1.64. The van der Waals surface area contributed by atoms with Crippen molar-refractivity contribution in [3.05, 3.63) is 22.4 Å². The number of hydrogen-bond donors (Lipinski definition) is 0. The van der Waals surface area contributed by atoms with E-state index in [-0.39, 0.29) is 0 Å². The zero-order chi connectivity index (χ0) is 5.11. The summed E-state index contributed by atoms with van der Waals surface area (Å²) in [5, 5.41) is 4.85. The molecule has 1 heterocycles. The van der Waals surface area contributed by atoms with E-state index in [9.17, 15) is 4.91 Å². The summed E-state index contributed by atoms with van der Waals surface area (Å²) in [4.78, 5) is 9.61. The second kappa shape index (κ2) is 1.84. The van der Waals surface area contributed by atoms with E-state index in [2.05, 4.69) is 11.2 Å². The van der Waals surface area contributed by atoms with Crippen molar-refractivity contribution in [2.45, 2.75) is 0 Å². The zero-order valence-electron chi connectivity index (χ0n) is 3.42. The van der Waals surface area contributed by atoms with Gasteiger partial charge in [-0.2, -0.15) is 0 Å². The van der Waals surface area contributed by atoms with Crippen molar-refractivity contribution < 1.29 is 0 Å². The first kappa shape index (κ1) is 4.46. The summed E-state index contributed by atoms with van der Waals surface area (Å²) in [5.74, 6) is 0. The second-order valence-electron chi connectivity index (χ2n) is 0.976. The van der Waals surface area contributed by atoms with Crippen molar-refractivity contribution in [3.63, 3.8) is 0 Å². The molecule has 0 amide bonds. The lowest BCUT2D eigenvalue weighted by molar-refractivity contribution is 1.60. The lowest BCUT2D eigenvalue weighted by atomic mass is 10.6. The maximum atomic E-state index is 9.61. The Bertz CT molecular complexity index is 147. The molecule has 1 radical (unpaired) electrons. The average Bonchev–Trinajstić information content (AvgIpc) is 2.14. The molecule has 0 unspecified atom stereocenters. The third-order valence-electron chi connectivity index (χ3n) is 0.544. The van der Waals surface area contributed by atoms with Crippen LogP contribution in [-0.4, -0.2) is 0 Å². The van der Waals surface area contributed by atoms with Gasteiger partial charge in [-0.05, 0) is 17.3 Å². The topological polar surface area (TPSA) is 29.4 Å². The van der Waals surface area contributed by atoms with Crippen LogP contribution in [0.1, 0.15) is 0 Å². The van der Waals surface area contributed by atoms with Crippen LogP contribution in [0, 0.1) is 11.0 Å². The molecule has 3 heteroatoms. The van der Waals surface area contributed by atoms with Gasteiger partial charge in [0, 0.05) is 5.38 Å². The molecule has 0 aliphatic heterocycles. The molecule has 0 aliphatic rings. The van der Waals surface area contributed by atoms with Crippen molar-refractivity contribution in [2.75, 3.05) is 0 Å². The fourth-order valence-electron chi connectivity index (χ4n) is 0.282. The van der Waals surface area contributed by atoms with E-state index >= 15 is 0 Å². The van der Waals surface area contributed by atoms with Crippen LogP contribution in [0.4, 0.5) is 5.00 Å². The Morgan fingerprint density at radius 3 is 3.00 bits per heavy atom. The summed E-state index contributed by atoms with van der Waals surface area (Å²) in [5.41, 5.74) is 0. The fraction of sp³-hybridized carbons (Fsp3) is 0. The van der Waals surface area contributed by atoms with Crippen LogP contribution in [0.15, 0.2) is 16.6 Å². The summed E-state index contributed by atoms with van der Waals surface area (Å²) in [6, 6.07) is 4.26. The van der Waals surface area contributed by atoms with Crippen LogP contribution in [0.3, 0.4) is 0 Å². The quantitative estimate of drug-likeness (QED) is 0.510. The zero-order valence-corrected chi connectivity index (χ0v) is 4.23. The first-order valence-electron chi connectivity index (χ1n) is 1.71. The average molecular weight is 112 g/mol. The Hall–Kier alpha value is -0.700. The first-order chi connectivity index (χ1) is 3.43. The second-order valence-corrected chi connectivity index (χ2v) is 1.87. The van der Waals surface area contributed by atoms with Crippen molar-refractivity contribution in [1.29, 1.82) is 0 Å². The van der Waals surface area contributed by atoms with Gasteiger partial charge in [-0.25, -0.2) is 0 Å². The highest BCUT2D eigenvalue weighted by Gasteiger charge is 1.84. The summed E-state index contributed by atoms with van der Waals surface area (Å²) in [6.07, 6.45) is 0. The summed E-state index contributed by atoms with van der Waals surface area (Å²) >= 11 is 1.29.